The molecule has 0 fully saturated rings. The molecule has 0 bridgehead atoms. The minimum absolute atomic E-state index is 0.200. The summed E-state index contributed by atoms with van der Waals surface area (Å²) in [6.45, 7) is 7.93. The molecule has 0 radical (unpaired) electrons. The first-order valence-corrected chi connectivity index (χ1v) is 9.11. The van der Waals surface area contributed by atoms with Gasteiger partial charge in [-0.25, -0.2) is 0 Å². The highest BCUT2D eigenvalue weighted by atomic mass is 16.7. The molecule has 0 aromatic heterocycles. The van der Waals surface area contributed by atoms with Gasteiger partial charge in [0.15, 0.2) is 11.5 Å². The number of benzene rings is 2. The van der Waals surface area contributed by atoms with Gasteiger partial charge in [0.2, 0.25) is 6.79 Å². The topological polar surface area (TPSA) is 66.0 Å². The second-order valence-electron chi connectivity index (χ2n) is 6.69. The summed E-state index contributed by atoms with van der Waals surface area (Å²) in [4.78, 5) is 12.7. The molecule has 0 atom stereocenters. The molecule has 1 aliphatic heterocycles. The van der Waals surface area contributed by atoms with Crippen molar-refractivity contribution in [3.05, 3.63) is 47.5 Å². The van der Waals surface area contributed by atoms with Crippen LogP contribution in [0, 0.1) is 5.92 Å². The molecular formula is C21H25NO5. The minimum atomic E-state index is -0.206. The fraction of sp³-hybridized carbons (Fsp3) is 0.381. The molecule has 144 valence electrons. The molecular weight excluding hydrogens is 346 g/mol. The van der Waals surface area contributed by atoms with Crippen LogP contribution in [0.5, 0.6) is 17.2 Å². The van der Waals surface area contributed by atoms with Gasteiger partial charge in [0.05, 0.1) is 13.2 Å². The van der Waals surface area contributed by atoms with Crippen molar-refractivity contribution in [2.45, 2.75) is 27.4 Å². The first kappa shape index (κ1) is 19.0. The van der Waals surface area contributed by atoms with Crippen LogP contribution in [0.1, 0.15) is 36.7 Å². The third-order valence-electron chi connectivity index (χ3n) is 3.96. The number of amides is 1. The van der Waals surface area contributed by atoms with Crippen molar-refractivity contribution in [2.75, 3.05) is 25.3 Å². The van der Waals surface area contributed by atoms with E-state index in [9.17, 15) is 4.79 Å². The molecule has 1 N–H and O–H groups in total. The number of anilines is 1. The Kier molecular flexibility index (Phi) is 6.19. The van der Waals surface area contributed by atoms with E-state index in [1.165, 1.54) is 0 Å². The summed E-state index contributed by atoms with van der Waals surface area (Å²) in [6.07, 6.45) is 0. The zero-order valence-electron chi connectivity index (χ0n) is 15.9. The highest BCUT2D eigenvalue weighted by molar-refractivity contribution is 6.04. The third-order valence-corrected chi connectivity index (χ3v) is 3.96. The average molecular weight is 371 g/mol. The summed E-state index contributed by atoms with van der Waals surface area (Å²) in [7, 11) is 0. The SMILES string of the molecule is CCOc1ccc(C(=O)Nc2ccc3c(c2)OCO3)cc1COCC(C)C. The minimum Gasteiger partial charge on any atom is -0.494 e. The molecule has 1 amide bonds. The summed E-state index contributed by atoms with van der Waals surface area (Å²) >= 11 is 0. The predicted octanol–water partition coefficient (Wildman–Crippen LogP) is 4.24. The van der Waals surface area contributed by atoms with Crippen molar-refractivity contribution in [2.24, 2.45) is 5.92 Å². The monoisotopic (exact) mass is 371 g/mol. The molecule has 2 aromatic carbocycles. The molecule has 0 aliphatic carbocycles. The number of fused-ring (bicyclic) bond motifs is 1. The molecule has 1 aliphatic rings. The average Bonchev–Trinajstić information content (AvgIpc) is 3.10. The third kappa shape index (κ3) is 4.92. The normalized spacial score (nSPS) is 12.3. The Labute approximate surface area is 159 Å². The molecule has 0 spiro atoms. The Morgan fingerprint density at radius 2 is 1.96 bits per heavy atom. The van der Waals surface area contributed by atoms with Gasteiger partial charge in [0, 0.05) is 29.5 Å². The molecule has 0 saturated heterocycles. The van der Waals surface area contributed by atoms with E-state index in [0.29, 0.717) is 48.5 Å². The quantitative estimate of drug-likeness (QED) is 0.752. The molecule has 3 rings (SSSR count). The lowest BCUT2D eigenvalue weighted by molar-refractivity contribution is 0.0948. The van der Waals surface area contributed by atoms with E-state index >= 15 is 0 Å². The predicted molar refractivity (Wildman–Crippen MR) is 103 cm³/mol. The molecule has 2 aromatic rings. The Balaban J connectivity index is 1.73. The number of hydrogen-bond donors (Lipinski definition) is 1. The van der Waals surface area contributed by atoms with Gasteiger partial charge in [-0.3, -0.25) is 4.79 Å². The fourth-order valence-electron chi connectivity index (χ4n) is 2.71. The van der Waals surface area contributed by atoms with E-state index in [1.54, 1.807) is 24.3 Å². The van der Waals surface area contributed by atoms with E-state index in [4.69, 9.17) is 18.9 Å². The summed E-state index contributed by atoms with van der Waals surface area (Å²) < 4.78 is 22.0. The molecule has 0 unspecified atom stereocenters. The van der Waals surface area contributed by atoms with Crippen LogP contribution in [0.3, 0.4) is 0 Å². The number of nitrogens with one attached hydrogen (secondary N) is 1. The lowest BCUT2D eigenvalue weighted by Crippen LogP contribution is -2.13. The Bertz CT molecular complexity index is 803. The summed E-state index contributed by atoms with van der Waals surface area (Å²) in [6, 6.07) is 10.7. The standard InChI is InChI=1S/C21H25NO5/c1-4-25-18-7-5-15(9-16(18)12-24-11-14(2)3)21(23)22-17-6-8-19-20(10-17)27-13-26-19/h5-10,14H,4,11-13H2,1-3H3,(H,22,23). The van der Waals surface area contributed by atoms with Gasteiger partial charge in [-0.05, 0) is 43.2 Å². The van der Waals surface area contributed by atoms with Crippen LogP contribution < -0.4 is 19.5 Å². The zero-order chi connectivity index (χ0) is 19.2. The number of carbonyl (C=O) groups is 1. The van der Waals surface area contributed by atoms with Crippen LogP contribution in [0.15, 0.2) is 36.4 Å². The Hall–Kier alpha value is -2.73. The largest absolute Gasteiger partial charge is 0.494 e. The van der Waals surface area contributed by atoms with Gasteiger partial charge < -0.3 is 24.3 Å². The second-order valence-corrected chi connectivity index (χ2v) is 6.69. The maximum Gasteiger partial charge on any atom is 0.255 e. The van der Waals surface area contributed by atoms with Gasteiger partial charge in [-0.1, -0.05) is 13.8 Å². The van der Waals surface area contributed by atoms with Gasteiger partial charge in [-0.15, -0.1) is 0 Å². The maximum atomic E-state index is 12.7. The lowest BCUT2D eigenvalue weighted by atomic mass is 10.1. The van der Waals surface area contributed by atoms with E-state index in [0.717, 1.165) is 11.3 Å². The lowest BCUT2D eigenvalue weighted by Gasteiger charge is -2.14. The summed E-state index contributed by atoms with van der Waals surface area (Å²) in [5, 5.41) is 2.88. The van der Waals surface area contributed by atoms with Crippen LogP contribution in [0.2, 0.25) is 0 Å². The van der Waals surface area contributed by atoms with E-state index in [2.05, 4.69) is 19.2 Å². The summed E-state index contributed by atoms with van der Waals surface area (Å²) in [5.41, 5.74) is 2.05. The highest BCUT2D eigenvalue weighted by Crippen LogP contribution is 2.34. The summed E-state index contributed by atoms with van der Waals surface area (Å²) in [5.74, 6) is 2.28. The fourth-order valence-corrected chi connectivity index (χ4v) is 2.71. The van der Waals surface area contributed by atoms with Gasteiger partial charge in [0.1, 0.15) is 5.75 Å². The Morgan fingerprint density at radius 3 is 2.74 bits per heavy atom. The van der Waals surface area contributed by atoms with Crippen LogP contribution in [-0.4, -0.2) is 25.9 Å². The molecule has 6 heteroatoms. The van der Waals surface area contributed by atoms with Gasteiger partial charge >= 0.3 is 0 Å². The number of rotatable bonds is 8. The van der Waals surface area contributed by atoms with E-state index in [1.807, 2.05) is 19.1 Å². The van der Waals surface area contributed by atoms with Gasteiger partial charge in [-0.2, -0.15) is 0 Å². The van der Waals surface area contributed by atoms with Crippen molar-refractivity contribution in [1.82, 2.24) is 0 Å². The van der Waals surface area contributed by atoms with E-state index in [-0.39, 0.29) is 12.7 Å². The van der Waals surface area contributed by atoms with Crippen molar-refractivity contribution < 1.29 is 23.7 Å². The first-order valence-electron chi connectivity index (χ1n) is 9.11. The maximum absolute atomic E-state index is 12.7. The van der Waals surface area contributed by atoms with Crippen LogP contribution in [0.4, 0.5) is 5.69 Å². The zero-order valence-corrected chi connectivity index (χ0v) is 15.9. The first-order chi connectivity index (χ1) is 13.1. The van der Waals surface area contributed by atoms with Crippen LogP contribution in [-0.2, 0) is 11.3 Å². The van der Waals surface area contributed by atoms with Crippen LogP contribution >= 0.6 is 0 Å². The number of ether oxygens (including phenoxy) is 4. The highest BCUT2D eigenvalue weighted by Gasteiger charge is 2.16. The molecule has 6 nitrogen and oxygen atoms in total. The molecule has 27 heavy (non-hydrogen) atoms. The van der Waals surface area contributed by atoms with Crippen molar-refractivity contribution in [3.8, 4) is 17.2 Å². The second kappa shape index (κ2) is 8.77. The number of hydrogen-bond acceptors (Lipinski definition) is 5. The number of carbonyl (C=O) groups excluding carboxylic acids is 1. The van der Waals surface area contributed by atoms with E-state index < -0.39 is 0 Å². The molecule has 0 saturated carbocycles. The van der Waals surface area contributed by atoms with Gasteiger partial charge in [0.25, 0.3) is 5.91 Å². The molecule has 1 heterocycles. The van der Waals surface area contributed by atoms with Crippen molar-refractivity contribution in [1.29, 1.82) is 0 Å². The Morgan fingerprint density at radius 1 is 1.15 bits per heavy atom. The van der Waals surface area contributed by atoms with Crippen LogP contribution in [0.25, 0.3) is 0 Å². The van der Waals surface area contributed by atoms with Crippen molar-refractivity contribution in [3.63, 3.8) is 0 Å². The van der Waals surface area contributed by atoms with Crippen molar-refractivity contribution >= 4 is 11.6 Å². The smallest absolute Gasteiger partial charge is 0.255 e.